The summed E-state index contributed by atoms with van der Waals surface area (Å²) in [5.74, 6) is 2.06. The summed E-state index contributed by atoms with van der Waals surface area (Å²) in [7, 11) is 0. The van der Waals surface area contributed by atoms with Crippen molar-refractivity contribution in [2.24, 2.45) is 28.9 Å². The molecule has 3 N–H and O–H groups in total. The maximum Gasteiger partial charge on any atom is 0.225 e. The third-order valence-electron chi connectivity index (χ3n) is 9.80. The molecule has 4 atom stereocenters. The van der Waals surface area contributed by atoms with Gasteiger partial charge in [0.1, 0.15) is 6.29 Å². The predicted molar refractivity (Wildman–Crippen MR) is 233 cm³/mol. The van der Waals surface area contributed by atoms with Gasteiger partial charge in [0.25, 0.3) is 0 Å². The number of carbonyl (C=O) groups excluding carboxylic acids is 2. The van der Waals surface area contributed by atoms with Gasteiger partial charge in [-0.3, -0.25) is 4.79 Å². The standard InChI is InChI=1S/C29H38N2O.C6H14.C5H10O.C3H7N.C2H6.2CH4/c1-5-21(2)25-12-7-6-11-23(25)18-29(4)15-10-16-31(20-29)28(32)22(3)17-24-19-30-27-14-9-8-13-26(24)27;1-4-6(3)5-2;1-3-5(2)4-6;1-3(2)4;1-2;;/h6-9,11-14,19,21-22,30H,5,10,15-18,20H2,1-4H3;6H,4-5H2,1-3H3;4-5H,3H2,1-2H3;1,4H2,2H3;1-2H3;2*1H4/t21?,22-,29?;;;;;;/m1....../s1. The average Bonchev–Trinajstić information content (AvgIpc) is 3.53. The van der Waals surface area contributed by atoms with Gasteiger partial charge >= 0.3 is 0 Å². The van der Waals surface area contributed by atoms with Gasteiger partial charge in [0.05, 0.1) is 0 Å². The van der Waals surface area contributed by atoms with E-state index in [0.717, 1.165) is 62.9 Å². The predicted octanol–water partition coefficient (Wildman–Crippen LogP) is 13.2. The third-order valence-corrected chi connectivity index (χ3v) is 9.80. The van der Waals surface area contributed by atoms with Gasteiger partial charge in [-0.25, -0.2) is 0 Å². The van der Waals surface area contributed by atoms with Crippen LogP contribution in [-0.2, 0) is 22.4 Å². The maximum atomic E-state index is 13.4. The molecule has 0 radical (unpaired) electrons. The van der Waals surface area contributed by atoms with Gasteiger partial charge in [-0.2, -0.15) is 0 Å². The van der Waals surface area contributed by atoms with Crippen LogP contribution in [-0.4, -0.2) is 35.2 Å². The van der Waals surface area contributed by atoms with Crippen molar-refractivity contribution in [2.45, 2.75) is 155 Å². The van der Waals surface area contributed by atoms with Gasteiger partial charge in [-0.1, -0.05) is 153 Å². The Kier molecular flexibility index (Phi) is 29.7. The van der Waals surface area contributed by atoms with Crippen molar-refractivity contribution in [3.8, 4) is 0 Å². The molecule has 3 unspecified atom stereocenters. The number of aromatic amines is 1. The lowest BCUT2D eigenvalue weighted by molar-refractivity contribution is -0.138. The number of amides is 1. The zero-order valence-corrected chi connectivity index (χ0v) is 34.2. The van der Waals surface area contributed by atoms with E-state index in [-0.39, 0.29) is 32.1 Å². The number of likely N-dealkylation sites (tertiary alicyclic amines) is 1. The lowest BCUT2D eigenvalue weighted by Gasteiger charge is -2.42. The normalized spacial score (nSPS) is 16.2. The van der Waals surface area contributed by atoms with Gasteiger partial charge in [0, 0.05) is 42.0 Å². The molecule has 1 amide bonds. The van der Waals surface area contributed by atoms with Gasteiger partial charge in [-0.15, -0.1) is 0 Å². The molecule has 4 rings (SSSR count). The number of benzene rings is 2. The smallest absolute Gasteiger partial charge is 0.225 e. The van der Waals surface area contributed by atoms with Gasteiger partial charge in [0.15, 0.2) is 0 Å². The Labute approximate surface area is 322 Å². The van der Waals surface area contributed by atoms with Crippen LogP contribution in [0, 0.1) is 23.2 Å². The first kappa shape index (κ1) is 53.0. The number of para-hydroxylation sites is 1. The number of nitrogens with zero attached hydrogens (tertiary/aromatic N) is 1. The molecule has 0 spiro atoms. The van der Waals surface area contributed by atoms with Gasteiger partial charge in [0.2, 0.25) is 5.91 Å². The monoisotopic (exact) mass is 722 g/mol. The van der Waals surface area contributed by atoms with Crippen LogP contribution < -0.4 is 5.73 Å². The first-order valence-corrected chi connectivity index (χ1v) is 19.5. The highest BCUT2D eigenvalue weighted by Crippen LogP contribution is 2.36. The zero-order valence-electron chi connectivity index (χ0n) is 34.2. The molecule has 1 aliphatic heterocycles. The van der Waals surface area contributed by atoms with Crippen molar-refractivity contribution in [1.82, 2.24) is 9.88 Å². The number of carbonyl (C=O) groups is 2. The summed E-state index contributed by atoms with van der Waals surface area (Å²) in [6.45, 7) is 30.5. The number of rotatable bonds is 11. The maximum absolute atomic E-state index is 13.4. The summed E-state index contributed by atoms with van der Waals surface area (Å²) in [5.41, 5.74) is 11.0. The SMILES string of the molecule is C.C.C=C(C)N.CC.CCC(C)C=O.CCC(C)CC.CCC(C)c1ccccc1CC1(C)CCCN(C(=O)[C@H](C)Cc2c[nH]c3ccccc23)C1. The number of hydrogen-bond acceptors (Lipinski definition) is 3. The lowest BCUT2D eigenvalue weighted by Crippen LogP contribution is -2.47. The molecule has 1 saturated heterocycles. The highest BCUT2D eigenvalue weighted by Gasteiger charge is 2.35. The van der Waals surface area contributed by atoms with E-state index in [9.17, 15) is 9.59 Å². The van der Waals surface area contributed by atoms with E-state index < -0.39 is 0 Å². The lowest BCUT2D eigenvalue weighted by atomic mass is 9.75. The van der Waals surface area contributed by atoms with Gasteiger partial charge in [-0.05, 0) is 91.2 Å². The van der Waals surface area contributed by atoms with Crippen molar-refractivity contribution < 1.29 is 9.59 Å². The molecule has 5 heteroatoms. The molecule has 2 heterocycles. The first-order chi connectivity index (χ1) is 23.7. The Balaban J connectivity index is -0.00000100. The number of piperidine rings is 1. The highest BCUT2D eigenvalue weighted by molar-refractivity contribution is 5.85. The topological polar surface area (TPSA) is 79.2 Å². The Hall–Kier alpha value is -3.34. The van der Waals surface area contributed by atoms with E-state index in [0.29, 0.717) is 17.5 Å². The number of fused-ring (bicyclic) bond motifs is 1. The van der Waals surface area contributed by atoms with E-state index >= 15 is 0 Å². The summed E-state index contributed by atoms with van der Waals surface area (Å²) < 4.78 is 0. The van der Waals surface area contributed by atoms with Gasteiger partial charge < -0.3 is 20.4 Å². The second kappa shape index (κ2) is 29.2. The van der Waals surface area contributed by atoms with E-state index in [2.05, 4.69) is 114 Å². The number of allylic oxidation sites excluding steroid dienone is 1. The molecule has 0 bridgehead atoms. The number of hydrogen-bond donors (Lipinski definition) is 2. The van der Waals surface area contributed by atoms with Crippen molar-refractivity contribution in [3.63, 3.8) is 0 Å². The van der Waals surface area contributed by atoms with E-state index in [1.54, 1.807) is 6.92 Å². The summed E-state index contributed by atoms with van der Waals surface area (Å²) in [4.78, 5) is 28.7. The Morgan fingerprint density at radius 2 is 1.48 bits per heavy atom. The van der Waals surface area contributed by atoms with Crippen LogP contribution in [0.2, 0.25) is 0 Å². The number of nitrogens with one attached hydrogen (secondary N) is 1. The van der Waals surface area contributed by atoms with E-state index in [1.165, 1.54) is 41.3 Å². The largest absolute Gasteiger partial charge is 0.403 e. The minimum Gasteiger partial charge on any atom is -0.403 e. The van der Waals surface area contributed by atoms with Crippen molar-refractivity contribution in [3.05, 3.63) is 83.7 Å². The molecule has 1 fully saturated rings. The molecule has 5 nitrogen and oxygen atoms in total. The number of H-pyrrole nitrogens is 1. The van der Waals surface area contributed by atoms with Crippen molar-refractivity contribution in [1.29, 1.82) is 0 Å². The van der Waals surface area contributed by atoms with Crippen LogP contribution in [0.25, 0.3) is 10.9 Å². The fraction of sp³-hybridized carbons (Fsp3) is 0.617. The fourth-order valence-corrected chi connectivity index (χ4v) is 5.92. The van der Waals surface area contributed by atoms with Crippen LogP contribution >= 0.6 is 0 Å². The molecule has 1 aromatic heterocycles. The Morgan fingerprint density at radius 3 is 1.98 bits per heavy atom. The second-order valence-corrected chi connectivity index (χ2v) is 14.6. The number of nitrogens with two attached hydrogens (primary N) is 1. The van der Waals surface area contributed by atoms with Crippen LogP contribution in [0.1, 0.15) is 159 Å². The van der Waals surface area contributed by atoms with Crippen LogP contribution in [0.3, 0.4) is 0 Å². The Bertz CT molecular complexity index is 1350. The minimum atomic E-state index is -0.0102. The molecule has 0 saturated carbocycles. The summed E-state index contributed by atoms with van der Waals surface area (Å²) in [6, 6.07) is 17.3. The second-order valence-electron chi connectivity index (χ2n) is 14.6. The third kappa shape index (κ3) is 19.5. The Morgan fingerprint density at radius 1 is 0.923 bits per heavy atom. The molecule has 1 aliphatic rings. The molecule has 298 valence electrons. The minimum absolute atomic E-state index is 0. The fourth-order valence-electron chi connectivity index (χ4n) is 5.92. The number of aromatic nitrogens is 1. The van der Waals surface area contributed by atoms with Crippen molar-refractivity contribution in [2.75, 3.05) is 13.1 Å². The molecule has 3 aromatic rings. The molecule has 52 heavy (non-hydrogen) atoms. The number of aldehydes is 1. The average molecular weight is 722 g/mol. The summed E-state index contributed by atoms with van der Waals surface area (Å²) >= 11 is 0. The van der Waals surface area contributed by atoms with E-state index in [1.807, 2.05) is 33.8 Å². The summed E-state index contributed by atoms with van der Waals surface area (Å²) in [5, 5.41) is 1.23. The molecular weight excluding hydrogens is 639 g/mol. The van der Waals surface area contributed by atoms with Crippen molar-refractivity contribution >= 4 is 23.1 Å². The van der Waals surface area contributed by atoms with E-state index in [4.69, 9.17) is 5.73 Å². The van der Waals surface area contributed by atoms with Crippen LogP contribution in [0.4, 0.5) is 0 Å². The summed E-state index contributed by atoms with van der Waals surface area (Å²) in [6.07, 6.45) is 11.9. The quantitative estimate of drug-likeness (QED) is 0.193. The van der Waals surface area contributed by atoms with Crippen LogP contribution in [0.5, 0.6) is 0 Å². The highest BCUT2D eigenvalue weighted by atomic mass is 16.2. The van der Waals surface area contributed by atoms with Crippen LogP contribution in [0.15, 0.2) is 67.0 Å². The first-order valence-electron chi connectivity index (χ1n) is 19.5. The zero-order chi connectivity index (χ0) is 38.3. The molecule has 2 aromatic carbocycles. The molecular formula is C47H83N3O2. The molecule has 0 aliphatic carbocycles.